The second kappa shape index (κ2) is 5.52. The Balaban J connectivity index is 1.68. The van der Waals surface area contributed by atoms with Crippen LogP contribution in [0.25, 0.3) is 0 Å². The van der Waals surface area contributed by atoms with E-state index in [9.17, 15) is 4.79 Å². The molecule has 1 heterocycles. The standard InChI is InChI=1S/C15H19IN2O2/c1-20-10-2-3-12(16)13(8-10)18-14(19)11-9-15(11)4-6-17-7-5-15/h2-3,8,11,17H,4-7,9H2,1H3,(H,18,19). The summed E-state index contributed by atoms with van der Waals surface area (Å²) < 4.78 is 6.25. The maximum absolute atomic E-state index is 12.4. The summed E-state index contributed by atoms with van der Waals surface area (Å²) in [4.78, 5) is 12.4. The Labute approximate surface area is 132 Å². The minimum Gasteiger partial charge on any atom is -0.497 e. The van der Waals surface area contributed by atoms with Crippen molar-refractivity contribution in [3.8, 4) is 5.75 Å². The van der Waals surface area contributed by atoms with Gasteiger partial charge in [-0.15, -0.1) is 0 Å². The molecule has 3 rings (SSSR count). The van der Waals surface area contributed by atoms with Crippen molar-refractivity contribution in [2.75, 3.05) is 25.5 Å². The van der Waals surface area contributed by atoms with Crippen molar-refractivity contribution in [2.45, 2.75) is 19.3 Å². The van der Waals surface area contributed by atoms with Gasteiger partial charge in [-0.3, -0.25) is 4.79 Å². The van der Waals surface area contributed by atoms with Crippen LogP contribution in [-0.2, 0) is 4.79 Å². The molecule has 1 amide bonds. The number of benzene rings is 1. The number of rotatable bonds is 3. The van der Waals surface area contributed by atoms with Crippen molar-refractivity contribution in [1.29, 1.82) is 0 Å². The highest BCUT2D eigenvalue weighted by molar-refractivity contribution is 14.1. The fourth-order valence-electron chi connectivity index (χ4n) is 3.14. The average molecular weight is 386 g/mol. The largest absolute Gasteiger partial charge is 0.497 e. The number of halogens is 1. The number of anilines is 1. The number of nitrogens with one attached hydrogen (secondary N) is 2. The molecule has 1 aromatic carbocycles. The van der Waals surface area contributed by atoms with Gasteiger partial charge in [0.1, 0.15) is 5.75 Å². The molecule has 2 N–H and O–H groups in total. The number of ether oxygens (including phenoxy) is 1. The van der Waals surface area contributed by atoms with Crippen LogP contribution in [-0.4, -0.2) is 26.1 Å². The third-order valence-corrected chi connectivity index (χ3v) is 5.48. The van der Waals surface area contributed by atoms with Crippen LogP contribution in [0.2, 0.25) is 0 Å². The van der Waals surface area contributed by atoms with Crippen molar-refractivity contribution in [3.05, 3.63) is 21.8 Å². The summed E-state index contributed by atoms with van der Waals surface area (Å²) in [6, 6.07) is 5.75. The summed E-state index contributed by atoms with van der Waals surface area (Å²) in [6.07, 6.45) is 3.29. The molecule has 1 saturated carbocycles. The van der Waals surface area contributed by atoms with Crippen LogP contribution in [0.3, 0.4) is 0 Å². The number of methoxy groups -OCH3 is 1. The molecule has 20 heavy (non-hydrogen) atoms. The SMILES string of the molecule is COc1ccc(I)c(NC(=O)C2CC23CCNCC3)c1. The Morgan fingerprint density at radius 1 is 1.45 bits per heavy atom. The maximum Gasteiger partial charge on any atom is 0.228 e. The second-order valence-electron chi connectivity index (χ2n) is 5.70. The topological polar surface area (TPSA) is 50.4 Å². The third-order valence-electron chi connectivity index (χ3n) is 4.54. The van der Waals surface area contributed by atoms with Crippen molar-refractivity contribution < 1.29 is 9.53 Å². The first-order valence-electron chi connectivity index (χ1n) is 7.00. The van der Waals surface area contributed by atoms with Crippen LogP contribution in [0.5, 0.6) is 5.75 Å². The third kappa shape index (κ3) is 2.65. The summed E-state index contributed by atoms with van der Waals surface area (Å²) >= 11 is 2.24. The molecular weight excluding hydrogens is 367 g/mol. The number of hydrogen-bond donors (Lipinski definition) is 2. The first kappa shape index (κ1) is 14.1. The molecule has 1 unspecified atom stereocenters. The number of carbonyl (C=O) groups is 1. The van der Waals surface area contributed by atoms with E-state index < -0.39 is 0 Å². The van der Waals surface area contributed by atoms with E-state index >= 15 is 0 Å². The Morgan fingerprint density at radius 2 is 2.20 bits per heavy atom. The number of amides is 1. The molecule has 2 fully saturated rings. The minimum atomic E-state index is 0.165. The summed E-state index contributed by atoms with van der Waals surface area (Å²) in [6.45, 7) is 2.08. The summed E-state index contributed by atoms with van der Waals surface area (Å²) in [5, 5.41) is 6.44. The first-order valence-corrected chi connectivity index (χ1v) is 8.08. The quantitative estimate of drug-likeness (QED) is 0.786. The lowest BCUT2D eigenvalue weighted by atomic mass is 9.92. The molecule has 1 saturated heterocycles. The Hall–Kier alpha value is -0.820. The smallest absolute Gasteiger partial charge is 0.228 e. The van der Waals surface area contributed by atoms with E-state index in [1.807, 2.05) is 18.2 Å². The van der Waals surface area contributed by atoms with Gasteiger partial charge >= 0.3 is 0 Å². The number of carbonyl (C=O) groups excluding carboxylic acids is 1. The summed E-state index contributed by atoms with van der Waals surface area (Å²) in [7, 11) is 1.64. The van der Waals surface area contributed by atoms with Crippen LogP contribution in [0.4, 0.5) is 5.69 Å². The number of hydrogen-bond acceptors (Lipinski definition) is 3. The lowest BCUT2D eigenvalue weighted by molar-refractivity contribution is -0.118. The van der Waals surface area contributed by atoms with E-state index in [1.54, 1.807) is 7.11 Å². The van der Waals surface area contributed by atoms with Crippen LogP contribution >= 0.6 is 22.6 Å². The highest BCUT2D eigenvalue weighted by atomic mass is 127. The molecule has 5 heteroatoms. The fourth-order valence-corrected chi connectivity index (χ4v) is 3.61. The van der Waals surface area contributed by atoms with E-state index in [2.05, 4.69) is 33.2 Å². The lowest BCUT2D eigenvalue weighted by Gasteiger charge is -2.23. The molecule has 0 bridgehead atoms. The van der Waals surface area contributed by atoms with Gasteiger partial charge in [0.2, 0.25) is 5.91 Å². The fraction of sp³-hybridized carbons (Fsp3) is 0.533. The van der Waals surface area contributed by atoms with Gasteiger partial charge in [-0.1, -0.05) is 0 Å². The van der Waals surface area contributed by atoms with Gasteiger partial charge in [-0.25, -0.2) is 0 Å². The zero-order chi connectivity index (χ0) is 14.2. The van der Waals surface area contributed by atoms with Crippen LogP contribution in [0.1, 0.15) is 19.3 Å². The van der Waals surface area contributed by atoms with Gasteiger partial charge in [0.15, 0.2) is 0 Å². The van der Waals surface area contributed by atoms with Crippen molar-refractivity contribution in [2.24, 2.45) is 11.3 Å². The van der Waals surface area contributed by atoms with E-state index in [0.29, 0.717) is 0 Å². The van der Waals surface area contributed by atoms with Crippen molar-refractivity contribution in [1.82, 2.24) is 5.32 Å². The van der Waals surface area contributed by atoms with Gasteiger partial charge in [0.05, 0.1) is 12.8 Å². The maximum atomic E-state index is 12.4. The van der Waals surface area contributed by atoms with Crippen LogP contribution in [0.15, 0.2) is 18.2 Å². The van der Waals surface area contributed by atoms with Gasteiger partial charge in [-0.05, 0) is 72.5 Å². The van der Waals surface area contributed by atoms with Crippen LogP contribution < -0.4 is 15.4 Å². The van der Waals surface area contributed by atoms with Gasteiger partial charge in [0.25, 0.3) is 0 Å². The molecule has 1 spiro atoms. The normalized spacial score (nSPS) is 23.4. The molecule has 108 valence electrons. The van der Waals surface area contributed by atoms with E-state index in [-0.39, 0.29) is 17.2 Å². The Kier molecular flexibility index (Phi) is 3.90. The second-order valence-corrected chi connectivity index (χ2v) is 6.87. The average Bonchev–Trinajstić information content (AvgIpc) is 3.15. The predicted octanol–water partition coefficient (Wildman–Crippen LogP) is 2.63. The predicted molar refractivity (Wildman–Crippen MR) is 87.0 cm³/mol. The molecule has 1 aliphatic heterocycles. The zero-order valence-corrected chi connectivity index (χ0v) is 13.7. The lowest BCUT2D eigenvalue weighted by Crippen LogP contribution is -2.31. The Bertz CT molecular complexity index is 527. The van der Waals surface area contributed by atoms with Crippen molar-refractivity contribution in [3.63, 3.8) is 0 Å². The van der Waals surface area contributed by atoms with E-state index in [1.165, 1.54) is 0 Å². The summed E-state index contributed by atoms with van der Waals surface area (Å²) in [5.41, 5.74) is 1.13. The molecule has 0 radical (unpaired) electrons. The van der Waals surface area contributed by atoms with E-state index in [4.69, 9.17) is 4.74 Å². The van der Waals surface area contributed by atoms with Crippen molar-refractivity contribution >= 4 is 34.2 Å². The highest BCUT2D eigenvalue weighted by Gasteiger charge is 2.57. The Morgan fingerprint density at radius 3 is 2.90 bits per heavy atom. The van der Waals surface area contributed by atoms with Gasteiger partial charge < -0.3 is 15.4 Å². The summed E-state index contributed by atoms with van der Waals surface area (Å²) in [5.74, 6) is 1.12. The molecule has 4 nitrogen and oxygen atoms in total. The van der Waals surface area contributed by atoms with E-state index in [0.717, 1.165) is 47.4 Å². The molecule has 0 aromatic heterocycles. The van der Waals surface area contributed by atoms with Gasteiger partial charge in [0, 0.05) is 15.6 Å². The zero-order valence-electron chi connectivity index (χ0n) is 11.5. The van der Waals surface area contributed by atoms with Crippen LogP contribution in [0, 0.1) is 14.9 Å². The molecule has 1 atom stereocenters. The minimum absolute atomic E-state index is 0.165. The highest BCUT2D eigenvalue weighted by Crippen LogP contribution is 2.58. The monoisotopic (exact) mass is 386 g/mol. The van der Waals surface area contributed by atoms with Gasteiger partial charge in [-0.2, -0.15) is 0 Å². The molecular formula is C15H19IN2O2. The molecule has 1 aliphatic carbocycles. The number of piperidine rings is 1. The molecule has 1 aromatic rings. The molecule has 2 aliphatic rings. The first-order chi connectivity index (χ1) is 9.64.